The number of carboxylic acid groups (broad SMARTS) is 1. The summed E-state index contributed by atoms with van der Waals surface area (Å²) in [5, 5.41) is 30.6. The molecule has 0 saturated heterocycles. The summed E-state index contributed by atoms with van der Waals surface area (Å²) in [5.74, 6) is -2.80. The summed E-state index contributed by atoms with van der Waals surface area (Å²) in [4.78, 5) is 49.6. The van der Waals surface area contributed by atoms with Crippen LogP contribution >= 0.6 is 0 Å². The number of benzene rings is 4. The number of hydrogen-bond donors (Lipinski definition) is 5. The minimum absolute atomic E-state index is 0.0278. The molecule has 0 bridgehead atoms. The average Bonchev–Trinajstić information content (AvgIpc) is 3.15. The van der Waals surface area contributed by atoms with Crippen LogP contribution in [0.4, 0.5) is 5.69 Å². The highest BCUT2D eigenvalue weighted by atomic mass is 32.2. The van der Waals surface area contributed by atoms with Crippen LogP contribution in [0.3, 0.4) is 0 Å². The van der Waals surface area contributed by atoms with Crippen molar-refractivity contribution in [2.45, 2.75) is 65.1 Å². The molecule has 0 aliphatic rings. The third-order valence-electron chi connectivity index (χ3n) is 9.29. The van der Waals surface area contributed by atoms with Gasteiger partial charge in [0, 0.05) is 38.0 Å². The van der Waals surface area contributed by atoms with Crippen molar-refractivity contribution in [2.75, 3.05) is 23.7 Å². The third kappa shape index (κ3) is 11.9. The van der Waals surface area contributed by atoms with E-state index >= 15 is 0 Å². The molecule has 4 rings (SSSR count). The van der Waals surface area contributed by atoms with E-state index in [1.54, 1.807) is 37.3 Å². The van der Waals surface area contributed by atoms with Gasteiger partial charge in [-0.2, -0.15) is 0 Å². The molecular formula is C41H50N4O8S. The fourth-order valence-corrected chi connectivity index (χ4v) is 7.31. The molecule has 0 unspecified atom stereocenters. The number of nitrogens with zero attached hydrogens (tertiary/aromatic N) is 1. The lowest BCUT2D eigenvalue weighted by Gasteiger charge is -2.28. The fourth-order valence-electron chi connectivity index (χ4n) is 6.12. The van der Waals surface area contributed by atoms with Crippen LogP contribution in [-0.2, 0) is 32.6 Å². The van der Waals surface area contributed by atoms with Crippen LogP contribution in [0.2, 0.25) is 0 Å². The van der Waals surface area contributed by atoms with Crippen LogP contribution in [0.15, 0.2) is 91.0 Å². The Morgan fingerprint density at radius 3 is 2.20 bits per heavy atom. The lowest BCUT2D eigenvalue weighted by atomic mass is 9.92. The zero-order valence-corrected chi connectivity index (χ0v) is 31.9. The molecule has 13 heteroatoms. The van der Waals surface area contributed by atoms with E-state index in [0.717, 1.165) is 21.9 Å². The van der Waals surface area contributed by atoms with Gasteiger partial charge in [0.15, 0.2) is 0 Å². The molecule has 4 aromatic rings. The van der Waals surface area contributed by atoms with Gasteiger partial charge in [-0.05, 0) is 77.4 Å². The molecule has 0 spiro atoms. The van der Waals surface area contributed by atoms with Gasteiger partial charge in [-0.3, -0.25) is 18.7 Å². The molecule has 3 amide bonds. The van der Waals surface area contributed by atoms with Gasteiger partial charge in [-0.1, -0.05) is 81.4 Å². The van der Waals surface area contributed by atoms with Crippen molar-refractivity contribution in [1.82, 2.24) is 16.0 Å². The van der Waals surface area contributed by atoms with Crippen molar-refractivity contribution in [2.24, 2.45) is 11.8 Å². The van der Waals surface area contributed by atoms with Crippen LogP contribution in [0.5, 0.6) is 0 Å². The first-order valence-electron chi connectivity index (χ1n) is 18.0. The Kier molecular flexibility index (Phi) is 14.7. The topological polar surface area (TPSA) is 182 Å². The quantitative estimate of drug-likeness (QED) is 0.0895. The van der Waals surface area contributed by atoms with Crippen LogP contribution < -0.4 is 20.3 Å². The molecule has 0 aromatic heterocycles. The molecule has 0 heterocycles. The summed E-state index contributed by atoms with van der Waals surface area (Å²) >= 11 is 0. The maximum atomic E-state index is 13.5. The molecule has 12 nitrogen and oxygen atoms in total. The molecule has 3 atom stereocenters. The first kappa shape index (κ1) is 41.5. The summed E-state index contributed by atoms with van der Waals surface area (Å²) in [5.41, 5.74) is 2.38. The Balaban J connectivity index is 1.29. The summed E-state index contributed by atoms with van der Waals surface area (Å²) < 4.78 is 28.0. The number of sulfonamides is 1. The SMILES string of the molecule is CC(C)C[C@H](NC(=O)c1cccc(N(C)S(=O)(=O)CCc2cccc3ccccc23)c1)[C@@H](O)C[C@@H](C)C(=O)NCCC(=O)NCc1ccc(C(=O)O)cc1. The number of nitrogens with one attached hydrogen (secondary N) is 3. The number of aromatic carboxylic acids is 1. The smallest absolute Gasteiger partial charge is 0.335 e. The minimum Gasteiger partial charge on any atom is -0.478 e. The van der Waals surface area contributed by atoms with Gasteiger partial charge in [-0.15, -0.1) is 0 Å². The first-order chi connectivity index (χ1) is 25.6. The highest BCUT2D eigenvalue weighted by molar-refractivity contribution is 7.92. The lowest BCUT2D eigenvalue weighted by molar-refractivity contribution is -0.126. The van der Waals surface area contributed by atoms with Crippen molar-refractivity contribution in [1.29, 1.82) is 0 Å². The number of aliphatic hydroxyl groups is 1. The minimum atomic E-state index is -3.74. The van der Waals surface area contributed by atoms with Gasteiger partial charge in [0.25, 0.3) is 5.91 Å². The monoisotopic (exact) mass is 758 g/mol. The number of fused-ring (bicyclic) bond motifs is 1. The fraction of sp³-hybridized carbons (Fsp3) is 0.366. The lowest BCUT2D eigenvalue weighted by Crippen LogP contribution is -2.46. The summed E-state index contributed by atoms with van der Waals surface area (Å²) in [6, 6.07) is 25.4. The van der Waals surface area contributed by atoms with E-state index < -0.39 is 40.0 Å². The predicted molar refractivity (Wildman–Crippen MR) is 210 cm³/mol. The standard InChI is InChI=1S/C41H50N4O8S/c1-27(2)23-36(37(46)24-28(3)39(48)42-21-19-38(47)43-26-29-15-17-32(18-16-29)41(50)51)44-40(49)33-12-8-13-34(25-33)45(4)54(52,53)22-20-31-11-7-10-30-9-5-6-14-35(30)31/h5-18,25,27-28,36-37,46H,19-24,26H2,1-4H3,(H,42,48)(H,43,47)(H,44,49)(H,50,51)/t28-,36+,37+/m1/s1. The van der Waals surface area contributed by atoms with E-state index in [-0.39, 0.29) is 60.5 Å². The van der Waals surface area contributed by atoms with Gasteiger partial charge in [-0.25, -0.2) is 13.2 Å². The van der Waals surface area contributed by atoms with Crippen molar-refractivity contribution >= 4 is 50.2 Å². The zero-order chi connectivity index (χ0) is 39.4. The van der Waals surface area contributed by atoms with Gasteiger partial charge in [0.2, 0.25) is 21.8 Å². The van der Waals surface area contributed by atoms with Gasteiger partial charge < -0.3 is 26.2 Å². The number of hydrogen-bond acceptors (Lipinski definition) is 7. The Morgan fingerprint density at radius 2 is 1.50 bits per heavy atom. The zero-order valence-electron chi connectivity index (χ0n) is 31.1. The number of anilines is 1. The Hall–Kier alpha value is -5.27. The van der Waals surface area contributed by atoms with Crippen molar-refractivity contribution in [3.63, 3.8) is 0 Å². The molecule has 0 radical (unpaired) electrons. The predicted octanol–water partition coefficient (Wildman–Crippen LogP) is 4.90. The number of aliphatic hydroxyl groups excluding tert-OH is 1. The summed E-state index contributed by atoms with van der Waals surface area (Å²) in [6.45, 7) is 5.87. The molecule has 4 aromatic carbocycles. The molecule has 5 N–H and O–H groups in total. The van der Waals surface area contributed by atoms with Crippen LogP contribution in [0, 0.1) is 11.8 Å². The second-order valence-corrected chi connectivity index (χ2v) is 16.1. The number of aryl methyl sites for hydroxylation is 1. The highest BCUT2D eigenvalue weighted by Crippen LogP contribution is 2.23. The Labute approximate surface area is 317 Å². The van der Waals surface area contributed by atoms with Crippen molar-refractivity contribution < 1.29 is 37.8 Å². The maximum absolute atomic E-state index is 13.5. The highest BCUT2D eigenvalue weighted by Gasteiger charge is 2.27. The van der Waals surface area contributed by atoms with Crippen molar-refractivity contribution in [3.05, 3.63) is 113 Å². The van der Waals surface area contributed by atoms with Gasteiger partial charge >= 0.3 is 5.97 Å². The van der Waals surface area contributed by atoms with Crippen LogP contribution in [0.25, 0.3) is 10.8 Å². The van der Waals surface area contributed by atoms with Gasteiger partial charge in [0.1, 0.15) is 0 Å². The molecule has 0 fully saturated rings. The number of carbonyl (C=O) groups is 4. The number of carboxylic acids is 1. The van der Waals surface area contributed by atoms with E-state index in [1.165, 1.54) is 29.6 Å². The molecular weight excluding hydrogens is 709 g/mol. The van der Waals surface area contributed by atoms with E-state index in [1.807, 2.05) is 56.3 Å². The maximum Gasteiger partial charge on any atom is 0.335 e. The second kappa shape index (κ2) is 19.2. The van der Waals surface area contributed by atoms with E-state index in [4.69, 9.17) is 5.11 Å². The Bertz CT molecular complexity index is 2030. The first-order valence-corrected chi connectivity index (χ1v) is 19.6. The van der Waals surface area contributed by atoms with E-state index in [0.29, 0.717) is 18.5 Å². The molecule has 0 aliphatic heterocycles. The molecule has 0 aliphatic carbocycles. The van der Waals surface area contributed by atoms with Crippen molar-refractivity contribution in [3.8, 4) is 0 Å². The third-order valence-corrected chi connectivity index (χ3v) is 11.1. The van der Waals surface area contributed by atoms with E-state index in [2.05, 4.69) is 16.0 Å². The van der Waals surface area contributed by atoms with Crippen LogP contribution in [0.1, 0.15) is 71.9 Å². The number of carbonyl (C=O) groups excluding carboxylic acids is 3. The Morgan fingerprint density at radius 1 is 0.815 bits per heavy atom. The summed E-state index contributed by atoms with van der Waals surface area (Å²) in [6.07, 6.45) is -0.223. The van der Waals surface area contributed by atoms with E-state index in [9.17, 15) is 32.7 Å². The number of rotatable bonds is 19. The largest absolute Gasteiger partial charge is 0.478 e. The molecule has 0 saturated carbocycles. The average molecular weight is 759 g/mol. The molecule has 288 valence electrons. The normalized spacial score (nSPS) is 13.1. The van der Waals surface area contributed by atoms with Gasteiger partial charge in [0.05, 0.1) is 29.1 Å². The summed E-state index contributed by atoms with van der Waals surface area (Å²) in [7, 11) is -2.28. The van der Waals surface area contributed by atoms with Crippen LogP contribution in [-0.4, -0.2) is 73.8 Å². The molecule has 54 heavy (non-hydrogen) atoms. The number of amides is 3. The second-order valence-electron chi connectivity index (χ2n) is 14.0.